The monoisotopic (exact) mass is 445 g/mol. The molecular weight excluding hydrogens is 414 g/mol. The summed E-state index contributed by atoms with van der Waals surface area (Å²) in [6, 6.07) is 6.85. The number of rotatable bonds is 7. The lowest BCUT2D eigenvalue weighted by Gasteiger charge is -2.35. The molecule has 0 amide bonds. The van der Waals surface area contributed by atoms with Gasteiger partial charge in [-0.25, -0.2) is 9.67 Å². The second kappa shape index (κ2) is 9.05. The normalized spacial score (nSPS) is 20.4. The van der Waals surface area contributed by atoms with E-state index in [1.165, 1.54) is 44.2 Å². The van der Waals surface area contributed by atoms with Gasteiger partial charge in [-0.3, -0.25) is 0 Å². The van der Waals surface area contributed by atoms with Crippen LogP contribution in [0.5, 0.6) is 0 Å². The van der Waals surface area contributed by atoms with E-state index >= 15 is 0 Å². The van der Waals surface area contributed by atoms with Crippen LogP contribution in [0.2, 0.25) is 0 Å². The summed E-state index contributed by atoms with van der Waals surface area (Å²) in [5.41, 5.74) is 3.94. The minimum atomic E-state index is 0.547. The summed E-state index contributed by atoms with van der Waals surface area (Å²) >= 11 is 0. The Morgan fingerprint density at radius 1 is 1.09 bits per heavy atom. The van der Waals surface area contributed by atoms with Crippen LogP contribution in [0.1, 0.15) is 43.4 Å². The molecule has 3 aromatic rings. The summed E-state index contributed by atoms with van der Waals surface area (Å²) in [5, 5.41) is 24.7. The zero-order chi connectivity index (χ0) is 22.0. The van der Waals surface area contributed by atoms with E-state index in [0.29, 0.717) is 12.6 Å². The minimum Gasteiger partial charge on any atom is -0.370 e. The van der Waals surface area contributed by atoms with Gasteiger partial charge in [0.15, 0.2) is 5.82 Å². The van der Waals surface area contributed by atoms with Gasteiger partial charge >= 0.3 is 0 Å². The highest BCUT2D eigenvalue weighted by Crippen LogP contribution is 2.26. The lowest BCUT2D eigenvalue weighted by molar-refractivity contribution is 0.280. The Bertz CT molecular complexity index is 1090. The average molecular weight is 446 g/mol. The summed E-state index contributed by atoms with van der Waals surface area (Å²) < 4.78 is 1.81. The first-order valence-electron chi connectivity index (χ1n) is 12.2. The first-order valence-corrected chi connectivity index (χ1v) is 12.2. The number of pyridine rings is 1. The number of aromatic nitrogens is 6. The number of anilines is 2. The number of hydrogen-bond acceptors (Lipinski definition) is 8. The molecule has 6 rings (SSSR count). The highest BCUT2D eigenvalue weighted by atomic mass is 15.4. The van der Waals surface area contributed by atoms with Crippen molar-refractivity contribution in [1.29, 1.82) is 0 Å². The van der Waals surface area contributed by atoms with Crippen molar-refractivity contribution < 1.29 is 0 Å². The number of piperidine rings is 1. The Kier molecular flexibility index (Phi) is 5.63. The predicted molar refractivity (Wildman–Crippen MR) is 127 cm³/mol. The van der Waals surface area contributed by atoms with E-state index in [1.807, 2.05) is 17.1 Å². The van der Waals surface area contributed by atoms with E-state index in [9.17, 15) is 0 Å². The summed E-state index contributed by atoms with van der Waals surface area (Å²) in [7, 11) is 0. The van der Waals surface area contributed by atoms with Crippen molar-refractivity contribution in [3.05, 3.63) is 41.9 Å². The molecule has 0 bridgehead atoms. The fourth-order valence-corrected chi connectivity index (χ4v) is 4.98. The molecule has 33 heavy (non-hydrogen) atoms. The number of hydrogen-bond donors (Lipinski definition) is 2. The lowest BCUT2D eigenvalue weighted by atomic mass is 9.85. The molecule has 9 nitrogen and oxygen atoms in total. The van der Waals surface area contributed by atoms with Gasteiger partial charge in [-0.15, -0.1) is 10.2 Å². The molecule has 2 N–H and O–H groups in total. The van der Waals surface area contributed by atoms with Gasteiger partial charge in [0.1, 0.15) is 11.5 Å². The van der Waals surface area contributed by atoms with Gasteiger partial charge in [0.2, 0.25) is 0 Å². The molecule has 9 heteroatoms. The van der Waals surface area contributed by atoms with Gasteiger partial charge < -0.3 is 15.5 Å². The molecule has 1 aliphatic carbocycles. The maximum Gasteiger partial charge on any atom is 0.151 e. The Morgan fingerprint density at radius 3 is 2.91 bits per heavy atom. The van der Waals surface area contributed by atoms with Crippen LogP contribution in [0.3, 0.4) is 0 Å². The largest absolute Gasteiger partial charge is 0.370 e. The molecule has 172 valence electrons. The third-order valence-electron chi connectivity index (χ3n) is 7.18. The predicted octanol–water partition coefficient (Wildman–Crippen LogP) is 2.50. The standard InChI is InChI=1S/C24H31N9/c1-3-17(4-1)12-26-20-5-2-10-32(14-20)23-7-6-21(28-30-23)15-33-16-22(29-31-33)19-11-18-8-9-25-24(18)27-13-19/h6-7,11,13,16-17,20,26H,1-5,8-10,12,14-15H2,(H,25,27). The van der Waals surface area contributed by atoms with Crippen molar-refractivity contribution in [3.63, 3.8) is 0 Å². The second-order valence-electron chi connectivity index (χ2n) is 9.58. The molecular formula is C24H31N9. The zero-order valence-corrected chi connectivity index (χ0v) is 19.0. The maximum absolute atomic E-state index is 4.53. The molecule has 1 atom stereocenters. The molecule has 0 radical (unpaired) electrons. The van der Waals surface area contributed by atoms with E-state index in [1.54, 1.807) is 0 Å². The molecule has 0 aromatic carbocycles. The highest BCUT2D eigenvalue weighted by molar-refractivity contribution is 5.63. The molecule has 2 aliphatic heterocycles. The van der Waals surface area contributed by atoms with Crippen LogP contribution >= 0.6 is 0 Å². The molecule has 5 heterocycles. The van der Waals surface area contributed by atoms with Crippen molar-refractivity contribution >= 4 is 11.6 Å². The minimum absolute atomic E-state index is 0.547. The fourth-order valence-electron chi connectivity index (χ4n) is 4.98. The van der Waals surface area contributed by atoms with Crippen molar-refractivity contribution in [1.82, 2.24) is 35.5 Å². The molecule has 1 saturated heterocycles. The Balaban J connectivity index is 1.07. The third kappa shape index (κ3) is 4.55. The van der Waals surface area contributed by atoms with Gasteiger partial charge in [-0.2, -0.15) is 5.10 Å². The van der Waals surface area contributed by atoms with E-state index in [2.05, 4.69) is 59.2 Å². The summed E-state index contributed by atoms with van der Waals surface area (Å²) in [4.78, 5) is 6.86. The van der Waals surface area contributed by atoms with Gasteiger partial charge in [-0.1, -0.05) is 11.6 Å². The van der Waals surface area contributed by atoms with Crippen LogP contribution in [0, 0.1) is 5.92 Å². The Hall–Kier alpha value is -3.07. The molecule has 1 saturated carbocycles. The molecule has 3 aromatic heterocycles. The van der Waals surface area contributed by atoms with Crippen LogP contribution in [-0.2, 0) is 13.0 Å². The summed E-state index contributed by atoms with van der Waals surface area (Å²) in [6.07, 6.45) is 11.4. The van der Waals surface area contributed by atoms with Crippen LogP contribution in [0.4, 0.5) is 11.6 Å². The number of nitrogens with one attached hydrogen (secondary N) is 2. The third-order valence-corrected chi connectivity index (χ3v) is 7.18. The molecule has 3 aliphatic rings. The van der Waals surface area contributed by atoms with E-state index < -0.39 is 0 Å². The Morgan fingerprint density at radius 2 is 2.06 bits per heavy atom. The van der Waals surface area contributed by atoms with Crippen molar-refractivity contribution in [2.24, 2.45) is 5.92 Å². The highest BCUT2D eigenvalue weighted by Gasteiger charge is 2.23. The van der Waals surface area contributed by atoms with E-state index in [0.717, 1.165) is 60.6 Å². The maximum atomic E-state index is 4.53. The smallest absolute Gasteiger partial charge is 0.151 e. The average Bonchev–Trinajstić information content (AvgIpc) is 3.48. The lowest BCUT2D eigenvalue weighted by Crippen LogP contribution is -2.47. The first kappa shape index (κ1) is 20.5. The van der Waals surface area contributed by atoms with Crippen LogP contribution < -0.4 is 15.5 Å². The fraction of sp³-hybridized carbons (Fsp3) is 0.542. The molecule has 1 unspecified atom stereocenters. The quantitative estimate of drug-likeness (QED) is 0.573. The molecule has 0 spiro atoms. The van der Waals surface area contributed by atoms with Crippen LogP contribution in [-0.4, -0.2) is 62.4 Å². The number of nitrogens with zero attached hydrogens (tertiary/aromatic N) is 7. The van der Waals surface area contributed by atoms with E-state index in [-0.39, 0.29) is 0 Å². The van der Waals surface area contributed by atoms with Gasteiger partial charge in [0.25, 0.3) is 0 Å². The number of fused-ring (bicyclic) bond motifs is 1. The van der Waals surface area contributed by atoms with Crippen LogP contribution in [0.15, 0.2) is 30.6 Å². The van der Waals surface area contributed by atoms with Gasteiger partial charge in [0, 0.05) is 37.4 Å². The molecule has 2 fully saturated rings. The Labute approximate surface area is 194 Å². The first-order chi connectivity index (χ1) is 16.3. The van der Waals surface area contributed by atoms with Gasteiger partial charge in [-0.05, 0) is 68.3 Å². The van der Waals surface area contributed by atoms with Crippen molar-refractivity contribution in [2.75, 3.05) is 36.4 Å². The summed E-state index contributed by atoms with van der Waals surface area (Å²) in [6.45, 7) is 4.72. The topological polar surface area (TPSA) is 96.7 Å². The van der Waals surface area contributed by atoms with Crippen LogP contribution in [0.25, 0.3) is 11.3 Å². The van der Waals surface area contributed by atoms with Gasteiger partial charge in [0.05, 0.1) is 18.4 Å². The van der Waals surface area contributed by atoms with E-state index in [4.69, 9.17) is 0 Å². The van der Waals surface area contributed by atoms with Crippen molar-refractivity contribution in [3.8, 4) is 11.3 Å². The second-order valence-corrected chi connectivity index (χ2v) is 9.58. The summed E-state index contributed by atoms with van der Waals surface area (Å²) in [5.74, 6) is 2.84. The SMILES string of the molecule is c1nc2c(cc1-c1cn(Cc3ccc(N4CCCC(NCC5CCC5)C4)nn3)nn1)CCN2. The van der Waals surface area contributed by atoms with Crippen molar-refractivity contribution in [2.45, 2.75) is 51.1 Å². The zero-order valence-electron chi connectivity index (χ0n) is 19.0.